The number of hydrogen-bond donors (Lipinski definition) is 2. The minimum absolute atomic E-state index is 0.833. The lowest BCUT2D eigenvalue weighted by molar-refractivity contribution is -0.132. The third-order valence-electron chi connectivity index (χ3n) is 0.542. The Balaban J connectivity index is -0.000000144. The van der Waals surface area contributed by atoms with E-state index in [0.29, 0.717) is 0 Å². The summed E-state index contributed by atoms with van der Waals surface area (Å²) < 4.78 is 4.36. The Morgan fingerprint density at radius 3 is 1.07 bits per heavy atom. The van der Waals surface area contributed by atoms with Crippen LogP contribution in [0, 0.1) is 0 Å². The molecule has 0 atom stereocenters. The van der Waals surface area contributed by atoms with Crippen LogP contribution in [0.5, 0.6) is 0 Å². The number of ether oxygens (including phenoxy) is 1. The van der Waals surface area contributed by atoms with E-state index >= 15 is 0 Å². The number of aliphatic carboxylic acids is 2. The molecule has 0 saturated heterocycles. The number of hydrogen-bond acceptors (Lipinski definition) is 3. The van der Waals surface area contributed by atoms with E-state index < -0.39 is 11.9 Å². The minimum Gasteiger partial charge on any atom is -0.478 e. The van der Waals surface area contributed by atoms with Crippen molar-refractivity contribution in [2.24, 2.45) is 0 Å². The summed E-state index contributed by atoms with van der Waals surface area (Å²) in [6.45, 7) is 12.4. The van der Waals surface area contributed by atoms with Gasteiger partial charge in [0.05, 0.1) is 12.5 Å². The molecule has 0 rings (SSSR count). The van der Waals surface area contributed by atoms with Crippen LogP contribution in [-0.2, 0) is 14.3 Å². The first-order chi connectivity index (χ1) is 6.95. The van der Waals surface area contributed by atoms with Gasteiger partial charge in [-0.1, -0.05) is 26.3 Å². The van der Waals surface area contributed by atoms with Crippen molar-refractivity contribution < 1.29 is 24.5 Å². The van der Waals surface area contributed by atoms with Gasteiger partial charge in [-0.15, -0.1) is 0 Å². The molecule has 0 aliphatic rings. The van der Waals surface area contributed by atoms with Gasteiger partial charge < -0.3 is 14.9 Å². The van der Waals surface area contributed by atoms with Crippen LogP contribution in [-0.4, -0.2) is 22.2 Å². The van der Waals surface area contributed by atoms with E-state index in [1.54, 1.807) is 0 Å². The highest BCUT2D eigenvalue weighted by atomic mass is 16.5. The average Bonchev–Trinajstić information content (AvgIpc) is 2.20. The van der Waals surface area contributed by atoms with Crippen LogP contribution >= 0.6 is 0 Å². The maximum Gasteiger partial charge on any atom is 0.327 e. The Bertz CT molecular complexity index is 206. The van der Waals surface area contributed by atoms with Crippen molar-refractivity contribution in [1.29, 1.82) is 0 Å². The highest BCUT2D eigenvalue weighted by Crippen LogP contribution is 1.65. The number of carboxylic acids is 2. The first-order valence-corrected chi connectivity index (χ1v) is 3.54. The molecule has 5 heteroatoms. The summed E-state index contributed by atoms with van der Waals surface area (Å²) in [4.78, 5) is 18.5. The summed E-state index contributed by atoms with van der Waals surface area (Å²) in [5.41, 5.74) is 0. The summed E-state index contributed by atoms with van der Waals surface area (Å²) in [6.07, 6.45) is 4.29. The molecule has 0 saturated carbocycles. The predicted molar refractivity (Wildman–Crippen MR) is 57.1 cm³/mol. The van der Waals surface area contributed by atoms with Gasteiger partial charge in [-0.2, -0.15) is 0 Å². The molecule has 0 aromatic heterocycles. The van der Waals surface area contributed by atoms with Crippen LogP contribution in [0.1, 0.15) is 0 Å². The van der Waals surface area contributed by atoms with E-state index in [2.05, 4.69) is 31.1 Å². The monoisotopic (exact) mass is 214 g/mol. The van der Waals surface area contributed by atoms with E-state index in [1.807, 2.05) is 0 Å². The topological polar surface area (TPSA) is 83.8 Å². The van der Waals surface area contributed by atoms with Crippen LogP contribution in [0.3, 0.4) is 0 Å². The molecule has 0 spiro atoms. The van der Waals surface area contributed by atoms with E-state index in [4.69, 9.17) is 10.2 Å². The molecule has 0 heterocycles. The van der Waals surface area contributed by atoms with E-state index in [9.17, 15) is 9.59 Å². The standard InChI is InChI=1S/C4H6O.2C3H4O2/c1-3-5-4-2;2*1-2-3(4)5/h3-4H,1-2H2;2*2H,1H2,(H,4,5). The summed E-state index contributed by atoms with van der Waals surface area (Å²) in [7, 11) is 0. The highest BCUT2D eigenvalue weighted by molar-refractivity contribution is 5.79. The Kier molecular flexibility index (Phi) is 21.8. The van der Waals surface area contributed by atoms with Gasteiger partial charge in [0.1, 0.15) is 0 Å². The molecule has 0 unspecified atom stereocenters. The van der Waals surface area contributed by atoms with Crippen LogP contribution in [0.2, 0.25) is 0 Å². The summed E-state index contributed by atoms with van der Waals surface area (Å²) >= 11 is 0. The fraction of sp³-hybridized carbons (Fsp3) is 0. The predicted octanol–water partition coefficient (Wildman–Crippen LogP) is 1.80. The van der Waals surface area contributed by atoms with Crippen molar-refractivity contribution in [3.05, 3.63) is 51.0 Å². The smallest absolute Gasteiger partial charge is 0.327 e. The lowest BCUT2D eigenvalue weighted by Gasteiger charge is -1.76. The number of rotatable bonds is 4. The molecule has 2 N–H and O–H groups in total. The third-order valence-corrected chi connectivity index (χ3v) is 0.542. The van der Waals surface area contributed by atoms with Crippen molar-refractivity contribution in [1.82, 2.24) is 0 Å². The van der Waals surface area contributed by atoms with Crippen molar-refractivity contribution in [3.63, 3.8) is 0 Å². The molecular weight excluding hydrogens is 200 g/mol. The molecule has 0 aromatic rings. The molecule has 0 aliphatic heterocycles. The lowest BCUT2D eigenvalue weighted by Crippen LogP contribution is -1.82. The second kappa shape index (κ2) is 17.7. The lowest BCUT2D eigenvalue weighted by atomic mass is 10.7. The van der Waals surface area contributed by atoms with Crippen LogP contribution in [0.4, 0.5) is 0 Å². The molecule has 5 nitrogen and oxygen atoms in total. The zero-order chi connectivity index (χ0) is 12.7. The molecule has 0 radical (unpaired) electrons. The molecular formula is C10H14O5. The quantitative estimate of drug-likeness (QED) is 0.550. The normalized spacial score (nSPS) is 6.13. The van der Waals surface area contributed by atoms with Crippen molar-refractivity contribution >= 4 is 11.9 Å². The van der Waals surface area contributed by atoms with Gasteiger partial charge in [0.25, 0.3) is 0 Å². The fourth-order valence-corrected chi connectivity index (χ4v) is 0.0680. The Hall–Kier alpha value is -2.30. The van der Waals surface area contributed by atoms with Crippen LogP contribution in [0.15, 0.2) is 51.0 Å². The Labute approximate surface area is 88.3 Å². The van der Waals surface area contributed by atoms with Crippen molar-refractivity contribution in [2.75, 3.05) is 0 Å². The third kappa shape index (κ3) is 80.4. The van der Waals surface area contributed by atoms with Crippen molar-refractivity contribution in [2.45, 2.75) is 0 Å². The second-order valence-electron chi connectivity index (χ2n) is 1.55. The van der Waals surface area contributed by atoms with Crippen LogP contribution < -0.4 is 0 Å². The minimum atomic E-state index is -0.981. The molecule has 84 valence electrons. The number of carboxylic acid groups (broad SMARTS) is 2. The molecule has 0 aromatic carbocycles. The molecule has 0 amide bonds. The average molecular weight is 214 g/mol. The SMILES string of the molecule is C=CC(=O)O.C=CC(=O)O.C=COC=C. The van der Waals surface area contributed by atoms with Gasteiger partial charge in [-0.25, -0.2) is 9.59 Å². The van der Waals surface area contributed by atoms with Gasteiger partial charge in [0.15, 0.2) is 0 Å². The van der Waals surface area contributed by atoms with E-state index in [1.165, 1.54) is 12.5 Å². The summed E-state index contributed by atoms with van der Waals surface area (Å²) in [5.74, 6) is -1.96. The molecule has 15 heavy (non-hydrogen) atoms. The Morgan fingerprint density at radius 1 is 0.867 bits per heavy atom. The second-order valence-corrected chi connectivity index (χ2v) is 1.55. The van der Waals surface area contributed by atoms with Crippen molar-refractivity contribution in [3.8, 4) is 0 Å². The molecule has 0 aliphatic carbocycles. The van der Waals surface area contributed by atoms with E-state index in [-0.39, 0.29) is 0 Å². The zero-order valence-corrected chi connectivity index (χ0v) is 8.26. The number of carbonyl (C=O) groups is 2. The first-order valence-electron chi connectivity index (χ1n) is 3.54. The highest BCUT2D eigenvalue weighted by Gasteiger charge is 1.73. The van der Waals surface area contributed by atoms with E-state index in [0.717, 1.165) is 12.2 Å². The maximum absolute atomic E-state index is 9.25. The first kappa shape index (κ1) is 18.5. The van der Waals surface area contributed by atoms with Crippen LogP contribution in [0.25, 0.3) is 0 Å². The van der Waals surface area contributed by atoms with Gasteiger partial charge in [-0.05, 0) is 0 Å². The van der Waals surface area contributed by atoms with Gasteiger partial charge in [0, 0.05) is 12.2 Å². The molecule has 0 bridgehead atoms. The Morgan fingerprint density at radius 2 is 1.07 bits per heavy atom. The fourth-order valence-electron chi connectivity index (χ4n) is 0.0680. The maximum atomic E-state index is 9.25. The molecule has 0 fully saturated rings. The largest absolute Gasteiger partial charge is 0.478 e. The van der Waals surface area contributed by atoms with Gasteiger partial charge >= 0.3 is 11.9 Å². The summed E-state index contributed by atoms with van der Waals surface area (Å²) in [5, 5.41) is 15.2. The van der Waals surface area contributed by atoms with Gasteiger partial charge in [-0.3, -0.25) is 0 Å². The summed E-state index contributed by atoms with van der Waals surface area (Å²) in [6, 6.07) is 0. The van der Waals surface area contributed by atoms with Gasteiger partial charge in [0.2, 0.25) is 0 Å². The zero-order valence-electron chi connectivity index (χ0n) is 8.26.